The van der Waals surface area contributed by atoms with Gasteiger partial charge in [-0.3, -0.25) is 0 Å². The van der Waals surface area contributed by atoms with Gasteiger partial charge in [-0.1, -0.05) is 17.7 Å². The van der Waals surface area contributed by atoms with E-state index in [2.05, 4.69) is 5.92 Å². The van der Waals surface area contributed by atoms with Gasteiger partial charge >= 0.3 is 0 Å². The molecule has 0 spiro atoms. The number of hydrogen-bond acceptors (Lipinski definition) is 2. The Kier molecular flexibility index (Phi) is 2.75. The van der Waals surface area contributed by atoms with Crippen LogP contribution in [0.1, 0.15) is 5.56 Å². The first-order valence-electron chi connectivity index (χ1n) is 5.07. The minimum Gasteiger partial charge on any atom is -0.207 e. The molecule has 0 amide bonds. The lowest BCUT2D eigenvalue weighted by atomic mass is 10.1. The first-order chi connectivity index (χ1) is 7.54. The third-order valence-electron chi connectivity index (χ3n) is 2.74. The second-order valence-electron chi connectivity index (χ2n) is 4.00. The van der Waals surface area contributed by atoms with E-state index in [1.54, 1.807) is 24.3 Å². The predicted molar refractivity (Wildman–Crippen MR) is 62.3 cm³/mol. The number of benzene rings is 1. The van der Waals surface area contributed by atoms with Crippen LogP contribution in [0.2, 0.25) is 0 Å². The normalized spacial score (nSPS) is 17.8. The SMILES string of the molecule is C#CC1CN(S(=O)(=O)c2ccc(C)cc2)C1. The Hall–Kier alpha value is -1.31. The summed E-state index contributed by atoms with van der Waals surface area (Å²) in [4.78, 5) is 0.341. The molecule has 1 heterocycles. The van der Waals surface area contributed by atoms with E-state index in [1.165, 1.54) is 4.31 Å². The van der Waals surface area contributed by atoms with Crippen LogP contribution in [0, 0.1) is 25.2 Å². The Morgan fingerprint density at radius 1 is 1.31 bits per heavy atom. The van der Waals surface area contributed by atoms with E-state index in [9.17, 15) is 8.42 Å². The topological polar surface area (TPSA) is 37.4 Å². The van der Waals surface area contributed by atoms with Crippen LogP contribution < -0.4 is 0 Å². The smallest absolute Gasteiger partial charge is 0.207 e. The van der Waals surface area contributed by atoms with E-state index in [4.69, 9.17) is 6.42 Å². The van der Waals surface area contributed by atoms with Crippen molar-refractivity contribution in [2.45, 2.75) is 11.8 Å². The quantitative estimate of drug-likeness (QED) is 0.723. The minimum atomic E-state index is -3.32. The van der Waals surface area contributed by atoms with E-state index in [1.807, 2.05) is 6.92 Å². The van der Waals surface area contributed by atoms with Gasteiger partial charge in [-0.05, 0) is 19.1 Å². The maximum absolute atomic E-state index is 12.0. The first kappa shape index (κ1) is 11.2. The van der Waals surface area contributed by atoms with Crippen molar-refractivity contribution in [3.8, 4) is 12.3 Å². The van der Waals surface area contributed by atoms with Gasteiger partial charge in [0.25, 0.3) is 0 Å². The lowest BCUT2D eigenvalue weighted by Crippen LogP contribution is -2.49. The summed E-state index contributed by atoms with van der Waals surface area (Å²) in [5, 5.41) is 0. The average Bonchev–Trinajstić information content (AvgIpc) is 2.16. The van der Waals surface area contributed by atoms with Gasteiger partial charge in [0.15, 0.2) is 0 Å². The monoisotopic (exact) mass is 235 g/mol. The van der Waals surface area contributed by atoms with Crippen molar-refractivity contribution in [2.75, 3.05) is 13.1 Å². The van der Waals surface area contributed by atoms with Crippen molar-refractivity contribution >= 4 is 10.0 Å². The molecule has 0 radical (unpaired) electrons. The van der Waals surface area contributed by atoms with Gasteiger partial charge in [0, 0.05) is 19.0 Å². The Bertz CT molecular complexity index is 519. The van der Waals surface area contributed by atoms with Crippen LogP contribution in [0.5, 0.6) is 0 Å². The molecule has 0 aromatic heterocycles. The van der Waals surface area contributed by atoms with Crippen LogP contribution in [-0.4, -0.2) is 25.8 Å². The standard InChI is InChI=1S/C12H13NO2S/c1-3-11-8-13(9-11)16(14,15)12-6-4-10(2)5-7-12/h1,4-7,11H,8-9H2,2H3. The molecule has 4 heteroatoms. The Morgan fingerprint density at radius 2 is 1.88 bits per heavy atom. The highest BCUT2D eigenvalue weighted by Crippen LogP contribution is 2.24. The maximum atomic E-state index is 12.0. The highest BCUT2D eigenvalue weighted by molar-refractivity contribution is 7.89. The van der Waals surface area contributed by atoms with Crippen LogP contribution in [0.15, 0.2) is 29.2 Å². The summed E-state index contributed by atoms with van der Waals surface area (Å²) < 4.78 is 25.5. The highest BCUT2D eigenvalue weighted by Gasteiger charge is 2.35. The summed E-state index contributed by atoms with van der Waals surface area (Å²) >= 11 is 0. The first-order valence-corrected chi connectivity index (χ1v) is 6.51. The zero-order valence-electron chi connectivity index (χ0n) is 9.05. The molecule has 16 heavy (non-hydrogen) atoms. The Morgan fingerprint density at radius 3 is 2.38 bits per heavy atom. The molecule has 84 valence electrons. The fraction of sp³-hybridized carbons (Fsp3) is 0.333. The lowest BCUT2D eigenvalue weighted by Gasteiger charge is -2.34. The molecule has 0 N–H and O–H groups in total. The summed E-state index contributed by atoms with van der Waals surface area (Å²) in [6.45, 7) is 2.80. The maximum Gasteiger partial charge on any atom is 0.243 e. The number of aryl methyl sites for hydroxylation is 1. The highest BCUT2D eigenvalue weighted by atomic mass is 32.2. The third-order valence-corrected chi connectivity index (χ3v) is 4.59. The van der Waals surface area contributed by atoms with Crippen LogP contribution >= 0.6 is 0 Å². The Labute approximate surface area is 96.1 Å². The summed E-state index contributed by atoms with van der Waals surface area (Å²) in [5.41, 5.74) is 1.05. The summed E-state index contributed by atoms with van der Waals surface area (Å²) in [6.07, 6.45) is 5.23. The molecule has 2 rings (SSSR count). The van der Waals surface area contributed by atoms with Gasteiger partial charge in [0.1, 0.15) is 0 Å². The molecule has 3 nitrogen and oxygen atoms in total. The van der Waals surface area contributed by atoms with Gasteiger partial charge in [-0.15, -0.1) is 12.3 Å². The number of sulfonamides is 1. The second-order valence-corrected chi connectivity index (χ2v) is 5.94. The van der Waals surface area contributed by atoms with Crippen LogP contribution in [0.4, 0.5) is 0 Å². The molecule has 1 aromatic carbocycles. The molecule has 0 atom stereocenters. The molecular weight excluding hydrogens is 222 g/mol. The summed E-state index contributed by atoms with van der Waals surface area (Å²) in [7, 11) is -3.32. The molecule has 0 saturated carbocycles. The number of rotatable bonds is 2. The molecule has 0 unspecified atom stereocenters. The molecule has 1 saturated heterocycles. The van der Waals surface area contributed by atoms with Gasteiger partial charge in [-0.2, -0.15) is 4.31 Å². The number of nitrogens with zero attached hydrogens (tertiary/aromatic N) is 1. The molecule has 1 aromatic rings. The molecule has 1 aliphatic rings. The molecule has 1 fully saturated rings. The number of hydrogen-bond donors (Lipinski definition) is 0. The lowest BCUT2D eigenvalue weighted by molar-refractivity contribution is 0.251. The predicted octanol–water partition coefficient (Wildman–Crippen LogP) is 1.25. The van der Waals surface area contributed by atoms with Crippen molar-refractivity contribution in [3.05, 3.63) is 29.8 Å². The minimum absolute atomic E-state index is 0.0697. The van der Waals surface area contributed by atoms with Crippen molar-refractivity contribution in [1.82, 2.24) is 4.31 Å². The van der Waals surface area contributed by atoms with Gasteiger partial charge < -0.3 is 0 Å². The van der Waals surface area contributed by atoms with Crippen molar-refractivity contribution in [1.29, 1.82) is 0 Å². The summed E-state index contributed by atoms with van der Waals surface area (Å²) in [6, 6.07) is 6.86. The summed E-state index contributed by atoms with van der Waals surface area (Å²) in [5.74, 6) is 2.63. The average molecular weight is 235 g/mol. The fourth-order valence-corrected chi connectivity index (χ4v) is 3.13. The molecular formula is C12H13NO2S. The Balaban J connectivity index is 2.21. The van der Waals surface area contributed by atoms with Crippen LogP contribution in [-0.2, 0) is 10.0 Å². The molecule has 0 aliphatic carbocycles. The van der Waals surface area contributed by atoms with Crippen molar-refractivity contribution in [3.63, 3.8) is 0 Å². The van der Waals surface area contributed by atoms with E-state index < -0.39 is 10.0 Å². The van der Waals surface area contributed by atoms with E-state index >= 15 is 0 Å². The van der Waals surface area contributed by atoms with Crippen LogP contribution in [0.25, 0.3) is 0 Å². The zero-order valence-corrected chi connectivity index (χ0v) is 9.87. The van der Waals surface area contributed by atoms with Crippen LogP contribution in [0.3, 0.4) is 0 Å². The van der Waals surface area contributed by atoms with Gasteiger partial charge in [0.2, 0.25) is 10.0 Å². The second kappa shape index (κ2) is 3.93. The van der Waals surface area contributed by atoms with E-state index in [0.29, 0.717) is 18.0 Å². The largest absolute Gasteiger partial charge is 0.243 e. The zero-order chi connectivity index (χ0) is 11.8. The third kappa shape index (κ3) is 1.84. The van der Waals surface area contributed by atoms with Gasteiger partial charge in [0.05, 0.1) is 4.90 Å². The van der Waals surface area contributed by atoms with E-state index in [-0.39, 0.29) is 5.92 Å². The number of terminal acetylenes is 1. The molecule has 0 bridgehead atoms. The fourth-order valence-electron chi connectivity index (χ4n) is 1.60. The van der Waals surface area contributed by atoms with Gasteiger partial charge in [-0.25, -0.2) is 8.42 Å². The molecule has 1 aliphatic heterocycles. The van der Waals surface area contributed by atoms with Crippen molar-refractivity contribution in [2.24, 2.45) is 5.92 Å². The van der Waals surface area contributed by atoms with E-state index in [0.717, 1.165) is 5.56 Å². The van der Waals surface area contributed by atoms with Crippen molar-refractivity contribution < 1.29 is 8.42 Å².